The zero-order chi connectivity index (χ0) is 27.2. The second-order valence-corrected chi connectivity index (χ2v) is 13.6. The molecule has 2 aromatic rings. The molecule has 2 saturated carbocycles. The number of hydrogen-bond donors (Lipinski definition) is 0. The second-order valence-electron chi connectivity index (χ2n) is 13.6. The van der Waals surface area contributed by atoms with Gasteiger partial charge in [0, 0.05) is 5.92 Å². The molecule has 3 aliphatic carbocycles. The molecule has 5 rings (SSSR count). The van der Waals surface area contributed by atoms with E-state index < -0.39 is 0 Å². The third-order valence-electron chi connectivity index (χ3n) is 8.70. The van der Waals surface area contributed by atoms with Gasteiger partial charge in [-0.1, -0.05) is 106 Å². The first-order valence-corrected chi connectivity index (χ1v) is 14.5. The standard InChI is InChI=1S/C38H44/c1-9-38(16-17-38)34-20-28(24-37(6,7)8)19-32(21-34)26(4)18-27(5)35-22-33(30-12-13-30)23-36(35)31-14-10-29(11-15-31)25(2)3/h1,10-11,14-15,19-23,27,30,36H,2,4,12-13,16-18,24H2,3,5-8H3/t27-,36?/m1/s1. The van der Waals surface area contributed by atoms with Gasteiger partial charge in [0.25, 0.3) is 0 Å². The van der Waals surface area contributed by atoms with Crippen LogP contribution >= 0.6 is 0 Å². The molecule has 0 heterocycles. The fraction of sp³-hybridized carbons (Fsp3) is 0.421. The molecule has 0 aromatic heterocycles. The topological polar surface area (TPSA) is 0 Å². The van der Waals surface area contributed by atoms with E-state index in [1.54, 1.807) is 5.57 Å². The van der Waals surface area contributed by atoms with E-state index in [0.29, 0.717) is 11.8 Å². The molecule has 38 heavy (non-hydrogen) atoms. The van der Waals surface area contributed by atoms with Crippen LogP contribution in [0.4, 0.5) is 0 Å². The van der Waals surface area contributed by atoms with Crippen LogP contribution in [-0.2, 0) is 11.8 Å². The smallest absolute Gasteiger partial charge is 0.0561 e. The summed E-state index contributed by atoms with van der Waals surface area (Å²) < 4.78 is 0. The largest absolute Gasteiger partial charge is 0.119 e. The van der Waals surface area contributed by atoms with Crippen molar-refractivity contribution in [2.75, 3.05) is 0 Å². The van der Waals surface area contributed by atoms with E-state index >= 15 is 0 Å². The van der Waals surface area contributed by atoms with Gasteiger partial charge in [0.05, 0.1) is 5.41 Å². The van der Waals surface area contributed by atoms with E-state index in [1.165, 1.54) is 51.8 Å². The minimum Gasteiger partial charge on any atom is -0.119 e. The van der Waals surface area contributed by atoms with Crippen molar-refractivity contribution in [2.45, 2.75) is 84.5 Å². The summed E-state index contributed by atoms with van der Waals surface area (Å²) in [5.74, 6) is 4.64. The molecule has 1 unspecified atom stereocenters. The van der Waals surface area contributed by atoms with Crippen molar-refractivity contribution >= 4 is 11.1 Å². The van der Waals surface area contributed by atoms with Crippen molar-refractivity contribution in [1.82, 2.24) is 0 Å². The van der Waals surface area contributed by atoms with E-state index in [0.717, 1.165) is 37.2 Å². The summed E-state index contributed by atoms with van der Waals surface area (Å²) in [4.78, 5) is 0. The highest BCUT2D eigenvalue weighted by atomic mass is 14.4. The molecule has 0 amide bonds. The maximum absolute atomic E-state index is 6.02. The molecule has 0 spiro atoms. The Hall–Kier alpha value is -3.04. The van der Waals surface area contributed by atoms with Crippen molar-refractivity contribution < 1.29 is 0 Å². The lowest BCUT2D eigenvalue weighted by Gasteiger charge is -2.24. The summed E-state index contributed by atoms with van der Waals surface area (Å²) in [6, 6.07) is 16.1. The predicted octanol–water partition coefficient (Wildman–Crippen LogP) is 10.1. The van der Waals surface area contributed by atoms with Gasteiger partial charge in [0.2, 0.25) is 0 Å². The number of benzene rings is 2. The molecule has 2 atom stereocenters. The van der Waals surface area contributed by atoms with Crippen molar-refractivity contribution in [2.24, 2.45) is 17.3 Å². The Morgan fingerprint density at radius 3 is 2.29 bits per heavy atom. The molecule has 0 heteroatoms. The quantitative estimate of drug-likeness (QED) is 0.300. The minimum absolute atomic E-state index is 0.0628. The lowest BCUT2D eigenvalue weighted by atomic mass is 9.80. The van der Waals surface area contributed by atoms with Crippen LogP contribution in [0.25, 0.3) is 11.1 Å². The first-order valence-electron chi connectivity index (χ1n) is 14.5. The summed E-state index contributed by atoms with van der Waals surface area (Å²) >= 11 is 0. The summed E-state index contributed by atoms with van der Waals surface area (Å²) in [7, 11) is 0. The highest BCUT2D eigenvalue weighted by Crippen LogP contribution is 2.50. The van der Waals surface area contributed by atoms with E-state index in [2.05, 4.69) is 108 Å². The summed E-state index contributed by atoms with van der Waals surface area (Å²) in [5.41, 5.74) is 12.2. The lowest BCUT2D eigenvalue weighted by molar-refractivity contribution is 0.411. The molecule has 3 aliphatic rings. The fourth-order valence-corrected chi connectivity index (χ4v) is 6.14. The number of rotatable bonds is 9. The molecular formula is C38H44. The predicted molar refractivity (Wildman–Crippen MR) is 165 cm³/mol. The Morgan fingerprint density at radius 1 is 1.05 bits per heavy atom. The maximum atomic E-state index is 6.02. The molecule has 0 bridgehead atoms. The van der Waals surface area contributed by atoms with Crippen LogP contribution in [0.5, 0.6) is 0 Å². The highest BCUT2D eigenvalue weighted by molar-refractivity contribution is 5.67. The molecule has 2 fully saturated rings. The fourth-order valence-electron chi connectivity index (χ4n) is 6.14. The molecule has 0 radical (unpaired) electrons. The monoisotopic (exact) mass is 500 g/mol. The number of hydrogen-bond acceptors (Lipinski definition) is 0. The van der Waals surface area contributed by atoms with Gasteiger partial charge in [-0.25, -0.2) is 0 Å². The Kier molecular flexibility index (Phi) is 6.94. The Bertz CT molecular complexity index is 1350. The molecule has 0 N–H and O–H groups in total. The molecule has 0 saturated heterocycles. The first-order chi connectivity index (χ1) is 18.0. The van der Waals surface area contributed by atoms with Gasteiger partial charge in [-0.3, -0.25) is 0 Å². The van der Waals surface area contributed by atoms with Gasteiger partial charge in [-0.2, -0.15) is 0 Å². The lowest BCUT2D eigenvalue weighted by Crippen LogP contribution is -2.12. The third kappa shape index (κ3) is 5.68. The van der Waals surface area contributed by atoms with Gasteiger partial charge >= 0.3 is 0 Å². The average molecular weight is 501 g/mol. The van der Waals surface area contributed by atoms with Gasteiger partial charge in [0.15, 0.2) is 0 Å². The van der Waals surface area contributed by atoms with Gasteiger partial charge < -0.3 is 0 Å². The summed E-state index contributed by atoms with van der Waals surface area (Å²) in [6.07, 6.45) is 17.9. The van der Waals surface area contributed by atoms with E-state index in [4.69, 9.17) is 6.42 Å². The zero-order valence-corrected chi connectivity index (χ0v) is 24.2. The second kappa shape index (κ2) is 9.93. The average Bonchev–Trinajstić information content (AvgIpc) is 3.80. The SMILES string of the molecule is C#CC1(c2cc(CC(C)(C)C)cc(C(=C)C[C@@H](C)C3=CC(C4CC4)=CC3c3ccc(C(=C)C)cc3)c2)CC1. The summed E-state index contributed by atoms with van der Waals surface area (Å²) in [6.45, 7) is 20.1. The molecular weight excluding hydrogens is 456 g/mol. The van der Waals surface area contributed by atoms with Crippen molar-refractivity contribution in [1.29, 1.82) is 0 Å². The minimum atomic E-state index is -0.0628. The van der Waals surface area contributed by atoms with Crippen LogP contribution in [0.3, 0.4) is 0 Å². The van der Waals surface area contributed by atoms with E-state index in [1.807, 2.05) is 0 Å². The Morgan fingerprint density at radius 2 is 1.74 bits per heavy atom. The van der Waals surface area contributed by atoms with Crippen molar-refractivity contribution in [3.05, 3.63) is 107 Å². The van der Waals surface area contributed by atoms with Crippen molar-refractivity contribution in [3.8, 4) is 12.3 Å². The Labute approximate surface area is 231 Å². The van der Waals surface area contributed by atoms with Gasteiger partial charge in [-0.05, 0) is 108 Å². The maximum Gasteiger partial charge on any atom is 0.0561 e. The van der Waals surface area contributed by atoms with Crippen LogP contribution in [0.2, 0.25) is 0 Å². The third-order valence-corrected chi connectivity index (χ3v) is 8.70. The van der Waals surface area contributed by atoms with E-state index in [-0.39, 0.29) is 10.8 Å². The molecule has 2 aromatic carbocycles. The zero-order valence-electron chi connectivity index (χ0n) is 24.2. The van der Waals surface area contributed by atoms with E-state index in [9.17, 15) is 0 Å². The van der Waals surface area contributed by atoms with Crippen LogP contribution in [0, 0.1) is 29.6 Å². The Balaban J connectivity index is 1.40. The molecule has 0 aliphatic heterocycles. The first kappa shape index (κ1) is 26.6. The van der Waals surface area contributed by atoms with Crippen LogP contribution in [0.1, 0.15) is 100 Å². The molecule has 0 nitrogen and oxygen atoms in total. The number of terminal acetylenes is 1. The summed E-state index contributed by atoms with van der Waals surface area (Å²) in [5, 5.41) is 0. The highest BCUT2D eigenvalue weighted by Gasteiger charge is 2.43. The van der Waals surface area contributed by atoms with Crippen LogP contribution in [0.15, 0.2) is 78.9 Å². The number of allylic oxidation sites excluding steroid dienone is 6. The van der Waals surface area contributed by atoms with Gasteiger partial charge in [-0.15, -0.1) is 6.42 Å². The normalized spacial score (nSPS) is 20.8. The van der Waals surface area contributed by atoms with Crippen LogP contribution < -0.4 is 0 Å². The van der Waals surface area contributed by atoms with Crippen LogP contribution in [-0.4, -0.2) is 0 Å². The van der Waals surface area contributed by atoms with Gasteiger partial charge in [0.1, 0.15) is 0 Å². The van der Waals surface area contributed by atoms with Crippen molar-refractivity contribution in [3.63, 3.8) is 0 Å². The molecule has 196 valence electrons.